The SMILES string of the molecule is CNC(=O)C1CCCCN1c1c(F)cc(CN)cc1F. The predicted molar refractivity (Wildman–Crippen MR) is 73.3 cm³/mol. The number of amides is 1. The first-order valence-electron chi connectivity index (χ1n) is 6.74. The average molecular weight is 283 g/mol. The summed E-state index contributed by atoms with van der Waals surface area (Å²) >= 11 is 0. The minimum absolute atomic E-state index is 0.0764. The maximum absolute atomic E-state index is 14.2. The number of halogens is 2. The molecule has 110 valence electrons. The molecule has 1 atom stereocenters. The number of hydrogen-bond donors (Lipinski definition) is 2. The molecule has 1 aliphatic heterocycles. The average Bonchev–Trinajstić information content (AvgIpc) is 2.46. The molecule has 0 bridgehead atoms. The summed E-state index contributed by atoms with van der Waals surface area (Å²) in [6.07, 6.45) is 2.28. The van der Waals surface area contributed by atoms with Crippen molar-refractivity contribution in [1.82, 2.24) is 5.32 Å². The van der Waals surface area contributed by atoms with Crippen LogP contribution in [0.2, 0.25) is 0 Å². The molecule has 4 nitrogen and oxygen atoms in total. The lowest BCUT2D eigenvalue weighted by Gasteiger charge is -2.36. The quantitative estimate of drug-likeness (QED) is 0.884. The normalized spacial score (nSPS) is 19.0. The van der Waals surface area contributed by atoms with Gasteiger partial charge in [-0.3, -0.25) is 4.79 Å². The number of hydrogen-bond acceptors (Lipinski definition) is 3. The summed E-state index contributed by atoms with van der Waals surface area (Å²) in [5, 5.41) is 2.55. The first kappa shape index (κ1) is 14.7. The molecule has 20 heavy (non-hydrogen) atoms. The van der Waals surface area contributed by atoms with E-state index in [-0.39, 0.29) is 18.1 Å². The van der Waals surface area contributed by atoms with Gasteiger partial charge in [-0.15, -0.1) is 0 Å². The molecule has 1 fully saturated rings. The Kier molecular flexibility index (Phi) is 4.54. The fraction of sp³-hybridized carbons (Fsp3) is 0.500. The van der Waals surface area contributed by atoms with E-state index in [0.717, 1.165) is 12.8 Å². The van der Waals surface area contributed by atoms with Gasteiger partial charge in [0, 0.05) is 20.1 Å². The molecule has 1 saturated heterocycles. The third-order valence-electron chi connectivity index (χ3n) is 3.65. The third kappa shape index (κ3) is 2.75. The molecule has 0 aromatic heterocycles. The minimum atomic E-state index is -0.666. The van der Waals surface area contributed by atoms with Gasteiger partial charge in [-0.05, 0) is 37.0 Å². The summed E-state index contributed by atoms with van der Waals surface area (Å²) in [5.41, 5.74) is 5.67. The maximum Gasteiger partial charge on any atom is 0.242 e. The van der Waals surface area contributed by atoms with Crippen LogP contribution in [0, 0.1) is 11.6 Å². The highest BCUT2D eigenvalue weighted by molar-refractivity contribution is 5.85. The smallest absolute Gasteiger partial charge is 0.242 e. The summed E-state index contributed by atoms with van der Waals surface area (Å²) in [6, 6.07) is 1.93. The molecule has 1 aromatic carbocycles. The van der Waals surface area contributed by atoms with Crippen LogP contribution in [0.5, 0.6) is 0 Å². The second-order valence-electron chi connectivity index (χ2n) is 4.93. The molecule has 1 heterocycles. The molecule has 0 radical (unpaired) electrons. The molecule has 1 amide bonds. The van der Waals surface area contributed by atoms with E-state index >= 15 is 0 Å². The molecule has 0 aliphatic carbocycles. The van der Waals surface area contributed by atoms with Gasteiger partial charge in [-0.1, -0.05) is 0 Å². The van der Waals surface area contributed by atoms with Gasteiger partial charge in [0.25, 0.3) is 0 Å². The summed E-state index contributed by atoms with van der Waals surface area (Å²) in [6.45, 7) is 0.543. The minimum Gasteiger partial charge on any atom is -0.357 e. The Bertz CT molecular complexity index is 484. The van der Waals surface area contributed by atoms with Gasteiger partial charge in [-0.2, -0.15) is 0 Å². The summed E-state index contributed by atoms with van der Waals surface area (Å²) < 4.78 is 28.3. The Morgan fingerprint density at radius 1 is 1.40 bits per heavy atom. The maximum atomic E-state index is 14.2. The molecule has 0 spiro atoms. The fourth-order valence-electron chi connectivity index (χ4n) is 2.65. The van der Waals surface area contributed by atoms with Gasteiger partial charge in [0.05, 0.1) is 0 Å². The van der Waals surface area contributed by atoms with Gasteiger partial charge in [0.15, 0.2) is 0 Å². The van der Waals surface area contributed by atoms with Crippen molar-refractivity contribution in [2.45, 2.75) is 31.8 Å². The van der Waals surface area contributed by atoms with Gasteiger partial charge in [-0.25, -0.2) is 8.78 Å². The van der Waals surface area contributed by atoms with Crippen molar-refractivity contribution < 1.29 is 13.6 Å². The first-order chi connectivity index (χ1) is 9.58. The first-order valence-corrected chi connectivity index (χ1v) is 6.74. The highest BCUT2D eigenvalue weighted by atomic mass is 19.1. The van der Waals surface area contributed by atoms with Crippen LogP contribution in [0.3, 0.4) is 0 Å². The van der Waals surface area contributed by atoms with E-state index in [4.69, 9.17) is 5.73 Å². The van der Waals surface area contributed by atoms with Crippen molar-refractivity contribution >= 4 is 11.6 Å². The summed E-state index contributed by atoms with van der Waals surface area (Å²) in [4.78, 5) is 13.4. The Balaban J connectivity index is 2.40. The number of rotatable bonds is 3. The Morgan fingerprint density at radius 2 is 2.05 bits per heavy atom. The van der Waals surface area contributed by atoms with E-state index < -0.39 is 17.7 Å². The van der Waals surface area contributed by atoms with E-state index in [2.05, 4.69) is 5.32 Å². The number of nitrogens with zero attached hydrogens (tertiary/aromatic N) is 1. The van der Waals surface area contributed by atoms with Crippen molar-refractivity contribution in [3.05, 3.63) is 29.3 Å². The number of likely N-dealkylation sites (N-methyl/N-ethyl adjacent to an activating group) is 1. The van der Waals surface area contributed by atoms with Crippen LogP contribution in [-0.2, 0) is 11.3 Å². The summed E-state index contributed by atoms with van der Waals surface area (Å²) in [7, 11) is 1.53. The number of carbonyl (C=O) groups is 1. The lowest BCUT2D eigenvalue weighted by atomic mass is 9.99. The molecular weight excluding hydrogens is 264 g/mol. The molecule has 1 aliphatic rings. The molecule has 0 saturated carbocycles. The second kappa shape index (κ2) is 6.17. The van der Waals surface area contributed by atoms with E-state index in [9.17, 15) is 13.6 Å². The van der Waals surface area contributed by atoms with Crippen molar-refractivity contribution in [2.75, 3.05) is 18.5 Å². The van der Waals surface area contributed by atoms with E-state index in [1.165, 1.54) is 24.1 Å². The molecule has 6 heteroatoms. The zero-order valence-electron chi connectivity index (χ0n) is 11.5. The highest BCUT2D eigenvalue weighted by Crippen LogP contribution is 2.30. The largest absolute Gasteiger partial charge is 0.357 e. The Hall–Kier alpha value is -1.69. The van der Waals surface area contributed by atoms with Crippen molar-refractivity contribution in [2.24, 2.45) is 5.73 Å². The van der Waals surface area contributed by atoms with Gasteiger partial charge >= 0.3 is 0 Å². The van der Waals surface area contributed by atoms with Crippen LogP contribution >= 0.6 is 0 Å². The van der Waals surface area contributed by atoms with Gasteiger partial charge < -0.3 is 16.0 Å². The van der Waals surface area contributed by atoms with Crippen LogP contribution in [0.25, 0.3) is 0 Å². The standard InChI is InChI=1S/C14H19F2N3O/c1-18-14(20)12-4-2-3-5-19(12)13-10(15)6-9(8-17)7-11(13)16/h6-7,12H,2-5,8,17H2,1H3,(H,18,20). The van der Waals surface area contributed by atoms with Crippen LogP contribution in [0.4, 0.5) is 14.5 Å². The second-order valence-corrected chi connectivity index (χ2v) is 4.93. The zero-order valence-corrected chi connectivity index (χ0v) is 11.5. The van der Waals surface area contributed by atoms with Crippen molar-refractivity contribution in [3.8, 4) is 0 Å². The lowest BCUT2D eigenvalue weighted by Crippen LogP contribution is -2.49. The molecular formula is C14H19F2N3O. The zero-order chi connectivity index (χ0) is 14.7. The van der Waals surface area contributed by atoms with Crippen LogP contribution < -0.4 is 16.0 Å². The van der Waals surface area contributed by atoms with E-state index in [1.54, 1.807) is 0 Å². The highest BCUT2D eigenvalue weighted by Gasteiger charge is 2.31. The van der Waals surface area contributed by atoms with E-state index in [1.807, 2.05) is 0 Å². The number of nitrogens with one attached hydrogen (secondary N) is 1. The monoisotopic (exact) mass is 283 g/mol. The van der Waals surface area contributed by atoms with Crippen LogP contribution in [-0.4, -0.2) is 25.5 Å². The number of piperidine rings is 1. The number of benzene rings is 1. The van der Waals surface area contributed by atoms with E-state index in [0.29, 0.717) is 18.5 Å². The molecule has 2 rings (SSSR count). The van der Waals surface area contributed by atoms with Gasteiger partial charge in [0.2, 0.25) is 5.91 Å². The van der Waals surface area contributed by atoms with Crippen LogP contribution in [0.15, 0.2) is 12.1 Å². The Morgan fingerprint density at radius 3 is 2.60 bits per heavy atom. The number of carbonyl (C=O) groups excluding carboxylic acids is 1. The third-order valence-corrected chi connectivity index (χ3v) is 3.65. The lowest BCUT2D eigenvalue weighted by molar-refractivity contribution is -0.122. The van der Waals surface area contributed by atoms with Crippen molar-refractivity contribution in [1.29, 1.82) is 0 Å². The Labute approximate surface area is 116 Å². The number of anilines is 1. The summed E-state index contributed by atoms with van der Waals surface area (Å²) in [5.74, 6) is -1.55. The molecule has 3 N–H and O–H groups in total. The number of nitrogens with two attached hydrogens (primary N) is 1. The predicted octanol–water partition coefficient (Wildman–Crippen LogP) is 1.53. The van der Waals surface area contributed by atoms with Gasteiger partial charge in [0.1, 0.15) is 23.4 Å². The van der Waals surface area contributed by atoms with Crippen LogP contribution in [0.1, 0.15) is 24.8 Å². The van der Waals surface area contributed by atoms with Crippen molar-refractivity contribution in [3.63, 3.8) is 0 Å². The fourth-order valence-corrected chi connectivity index (χ4v) is 2.65. The molecule has 1 unspecified atom stereocenters. The topological polar surface area (TPSA) is 58.4 Å². The molecule has 1 aromatic rings.